The fourth-order valence-electron chi connectivity index (χ4n) is 5.15. The van der Waals surface area contributed by atoms with Crippen molar-refractivity contribution in [3.63, 3.8) is 0 Å². The van der Waals surface area contributed by atoms with Gasteiger partial charge in [0.1, 0.15) is 13.1 Å². The average molecular weight is 516 g/mol. The third-order valence-electron chi connectivity index (χ3n) is 7.25. The summed E-state index contributed by atoms with van der Waals surface area (Å²) in [5.41, 5.74) is 2.02. The Morgan fingerprint density at radius 1 is 0.667 bits per heavy atom. The van der Waals surface area contributed by atoms with E-state index in [1.807, 2.05) is 21.5 Å². The van der Waals surface area contributed by atoms with E-state index in [-0.39, 0.29) is 24.0 Å². The molecule has 1 heterocycles. The highest BCUT2D eigenvalue weighted by Gasteiger charge is 2.42. The van der Waals surface area contributed by atoms with Crippen LogP contribution in [0.1, 0.15) is 149 Å². The van der Waals surface area contributed by atoms with Crippen molar-refractivity contribution in [2.75, 3.05) is 0 Å². The predicted molar refractivity (Wildman–Crippen MR) is 141 cm³/mol. The standard InChI is InChI=1S/C30H46N3O2.ClH/c1-3-5-7-9-11-12-13-14-16-20-24-33-28-27(32(31-33)23-19-15-10-8-6-4-2)29(34)25-21-17-18-22-26(25)30(28)35;/h17-18,21-22H,3-16,19-20,23-24H2,1-2H3;1H/q+1;/p-1. The molecule has 1 aliphatic rings. The van der Waals surface area contributed by atoms with Gasteiger partial charge in [0, 0.05) is 11.1 Å². The van der Waals surface area contributed by atoms with Crippen LogP contribution in [0.3, 0.4) is 0 Å². The maximum Gasteiger partial charge on any atom is 0.249 e. The zero-order valence-corrected chi connectivity index (χ0v) is 23.3. The lowest BCUT2D eigenvalue weighted by Gasteiger charge is -2.11. The molecule has 1 aliphatic carbocycles. The van der Waals surface area contributed by atoms with Gasteiger partial charge in [0.25, 0.3) is 0 Å². The van der Waals surface area contributed by atoms with E-state index in [0.717, 1.165) is 25.7 Å². The van der Waals surface area contributed by atoms with Crippen LogP contribution in [0.4, 0.5) is 0 Å². The normalized spacial score (nSPS) is 12.4. The summed E-state index contributed by atoms with van der Waals surface area (Å²) < 4.78 is 3.65. The highest BCUT2D eigenvalue weighted by atomic mass is 35.5. The molecule has 0 unspecified atom stereocenters. The molecular weight excluding hydrogens is 470 g/mol. The third-order valence-corrected chi connectivity index (χ3v) is 7.25. The van der Waals surface area contributed by atoms with E-state index in [4.69, 9.17) is 5.21 Å². The first-order valence-electron chi connectivity index (χ1n) is 14.4. The van der Waals surface area contributed by atoms with Gasteiger partial charge in [-0.05, 0) is 25.7 Å². The summed E-state index contributed by atoms with van der Waals surface area (Å²) in [5, 5.41) is 4.78. The van der Waals surface area contributed by atoms with Gasteiger partial charge in [-0.3, -0.25) is 9.59 Å². The molecule has 1 aromatic heterocycles. The smallest absolute Gasteiger partial charge is 0.249 e. The van der Waals surface area contributed by atoms with Crippen LogP contribution in [0.15, 0.2) is 24.3 Å². The topological polar surface area (TPSA) is 55.8 Å². The van der Waals surface area contributed by atoms with Crippen LogP contribution in [-0.4, -0.2) is 21.5 Å². The van der Waals surface area contributed by atoms with Crippen molar-refractivity contribution >= 4 is 11.6 Å². The van der Waals surface area contributed by atoms with Crippen molar-refractivity contribution in [3.8, 4) is 0 Å². The summed E-state index contributed by atoms with van der Waals surface area (Å²) in [6, 6.07) is 7.21. The molecule has 0 saturated heterocycles. The Morgan fingerprint density at radius 2 is 1.14 bits per heavy atom. The highest BCUT2D eigenvalue weighted by molar-refractivity contribution is 6.26. The summed E-state index contributed by atoms with van der Waals surface area (Å²) in [7, 11) is 0. The van der Waals surface area contributed by atoms with E-state index < -0.39 is 0 Å². The molecule has 6 heteroatoms. The summed E-state index contributed by atoms with van der Waals surface area (Å²) >= 11 is 0. The van der Waals surface area contributed by atoms with Crippen molar-refractivity contribution < 1.29 is 26.7 Å². The molecule has 0 radical (unpaired) electrons. The maximum atomic E-state index is 13.4. The molecule has 0 N–H and O–H groups in total. The van der Waals surface area contributed by atoms with Crippen LogP contribution < -0.4 is 17.1 Å². The third kappa shape index (κ3) is 8.26. The largest absolute Gasteiger partial charge is 1.00 e. The first-order chi connectivity index (χ1) is 17.2. The van der Waals surface area contributed by atoms with E-state index in [2.05, 4.69) is 13.8 Å². The number of unbranched alkanes of at least 4 members (excludes halogenated alkanes) is 14. The van der Waals surface area contributed by atoms with E-state index in [9.17, 15) is 9.59 Å². The quantitative estimate of drug-likeness (QED) is 0.188. The van der Waals surface area contributed by atoms with Gasteiger partial charge in [0.15, 0.2) is 0 Å². The van der Waals surface area contributed by atoms with Crippen LogP contribution in [0.2, 0.25) is 0 Å². The molecule has 0 spiro atoms. The molecule has 2 aromatic rings. The van der Waals surface area contributed by atoms with E-state index in [0.29, 0.717) is 35.6 Å². The van der Waals surface area contributed by atoms with Gasteiger partial charge in [-0.1, -0.05) is 115 Å². The van der Waals surface area contributed by atoms with Crippen LogP contribution >= 0.6 is 0 Å². The van der Waals surface area contributed by atoms with Crippen LogP contribution in [-0.2, 0) is 13.1 Å². The van der Waals surface area contributed by atoms with Crippen LogP contribution in [0.25, 0.3) is 0 Å². The highest BCUT2D eigenvalue weighted by Crippen LogP contribution is 2.25. The fraction of sp³-hybridized carbons (Fsp3) is 0.667. The van der Waals surface area contributed by atoms with Crippen molar-refractivity contribution in [3.05, 3.63) is 46.8 Å². The number of carbonyl (C=O) groups excluding carboxylic acids is 2. The number of fused-ring (bicyclic) bond motifs is 2. The zero-order valence-electron chi connectivity index (χ0n) is 22.6. The number of nitrogens with zero attached hydrogens (tertiary/aromatic N) is 3. The van der Waals surface area contributed by atoms with Crippen molar-refractivity contribution in [2.24, 2.45) is 0 Å². The van der Waals surface area contributed by atoms with Gasteiger partial charge in [0.05, 0.1) is 5.21 Å². The number of rotatable bonds is 18. The van der Waals surface area contributed by atoms with Crippen molar-refractivity contribution in [1.29, 1.82) is 0 Å². The second-order valence-corrected chi connectivity index (χ2v) is 10.2. The molecule has 0 amide bonds. The number of hydrogen-bond acceptors (Lipinski definition) is 3. The molecule has 200 valence electrons. The van der Waals surface area contributed by atoms with Crippen molar-refractivity contribution in [1.82, 2.24) is 9.90 Å². The summed E-state index contributed by atoms with van der Waals surface area (Å²) in [6.45, 7) is 5.88. The molecule has 0 bridgehead atoms. The monoisotopic (exact) mass is 515 g/mol. The number of aryl methyl sites for hydroxylation is 2. The lowest BCUT2D eigenvalue weighted by Crippen LogP contribution is -3.00. The Kier molecular flexibility index (Phi) is 14.0. The molecule has 0 atom stereocenters. The number of halogens is 1. The predicted octanol–water partition coefficient (Wildman–Crippen LogP) is 4.23. The summed E-state index contributed by atoms with van der Waals surface area (Å²) in [4.78, 5) is 26.8. The second kappa shape index (κ2) is 16.7. The average Bonchev–Trinajstić information content (AvgIpc) is 3.24. The SMILES string of the molecule is CCCCCCCCCCCC[n+]1nn(CCCCCCCC)c2c1C(=O)c1ccccc1C2=O.[Cl-]. The van der Waals surface area contributed by atoms with Crippen LogP contribution in [0.5, 0.6) is 0 Å². The first kappa shape index (κ1) is 30.2. The van der Waals surface area contributed by atoms with Gasteiger partial charge in [-0.15, -0.1) is 9.36 Å². The lowest BCUT2D eigenvalue weighted by molar-refractivity contribution is -0.757. The van der Waals surface area contributed by atoms with Gasteiger partial charge in [-0.2, -0.15) is 0 Å². The Hall–Kier alpha value is -2.01. The molecule has 0 saturated carbocycles. The molecule has 1 aromatic carbocycles. The number of benzene rings is 1. The minimum Gasteiger partial charge on any atom is -1.00 e. The van der Waals surface area contributed by atoms with Crippen molar-refractivity contribution in [2.45, 2.75) is 130 Å². The summed E-state index contributed by atoms with van der Waals surface area (Å²) in [6.07, 6.45) is 19.8. The van der Waals surface area contributed by atoms with E-state index >= 15 is 0 Å². The summed E-state index contributed by atoms with van der Waals surface area (Å²) in [5.74, 6) is -0.119. The number of aromatic nitrogens is 3. The number of carbonyl (C=O) groups is 2. The fourth-order valence-corrected chi connectivity index (χ4v) is 5.15. The van der Waals surface area contributed by atoms with Crippen LogP contribution in [0, 0.1) is 0 Å². The Balaban J connectivity index is 0.00000456. The lowest BCUT2D eigenvalue weighted by atomic mass is 9.90. The minimum absolute atomic E-state index is 0. The van der Waals surface area contributed by atoms with Gasteiger partial charge in [-0.25, -0.2) is 0 Å². The maximum absolute atomic E-state index is 13.4. The zero-order chi connectivity index (χ0) is 24.9. The molecule has 36 heavy (non-hydrogen) atoms. The Morgan fingerprint density at radius 3 is 1.69 bits per heavy atom. The Labute approximate surface area is 224 Å². The Bertz CT molecular complexity index is 954. The number of ketones is 2. The molecule has 5 nitrogen and oxygen atoms in total. The second-order valence-electron chi connectivity index (χ2n) is 10.2. The van der Waals surface area contributed by atoms with Gasteiger partial charge >= 0.3 is 0 Å². The molecule has 0 aliphatic heterocycles. The van der Waals surface area contributed by atoms with E-state index in [1.54, 1.807) is 12.1 Å². The first-order valence-corrected chi connectivity index (χ1v) is 14.4. The number of hydrogen-bond donors (Lipinski definition) is 0. The van der Waals surface area contributed by atoms with Gasteiger partial charge in [0.2, 0.25) is 23.0 Å². The molecule has 3 rings (SSSR count). The van der Waals surface area contributed by atoms with E-state index in [1.165, 1.54) is 77.0 Å². The molecular formula is C30H46ClN3O2. The minimum atomic E-state index is -0.0597. The molecule has 0 fully saturated rings. The van der Waals surface area contributed by atoms with Gasteiger partial charge < -0.3 is 12.4 Å².